The van der Waals surface area contributed by atoms with Gasteiger partial charge in [0.05, 0.1) is 18.4 Å². The molecular weight excluding hydrogens is 286 g/mol. The van der Waals surface area contributed by atoms with Gasteiger partial charge in [-0.05, 0) is 17.5 Å². The Morgan fingerprint density at radius 2 is 1.95 bits per heavy atom. The number of likely N-dealkylation sites (N-methyl/N-ethyl adjacent to an activating group) is 1. The molecule has 4 nitrogen and oxygen atoms in total. The molecule has 0 N–H and O–H groups in total. The quantitative estimate of drug-likeness (QED) is 0.781. The number of alkyl halides is 1. The fraction of sp³-hybridized carbons (Fsp3) is 0.538. The average Bonchev–Trinajstić information content (AvgIpc) is 2.92. The summed E-state index contributed by atoms with van der Waals surface area (Å²) < 4.78 is 31.2. The maximum absolute atomic E-state index is 12.3. The smallest absolute Gasteiger partial charge is 0.218 e. The molecule has 106 valence electrons. The van der Waals surface area contributed by atoms with Gasteiger partial charge < -0.3 is 4.74 Å². The standard InChI is InChI=1S/C13H18ClNO3S/c1-15(13-6-7-18-9-13)19(16,17)10-12-4-2-11(8-14)3-5-12/h2-5,13H,6-10H2,1H3. The van der Waals surface area contributed by atoms with Gasteiger partial charge in [-0.3, -0.25) is 0 Å². The van der Waals surface area contributed by atoms with Gasteiger partial charge in [0.15, 0.2) is 0 Å². The van der Waals surface area contributed by atoms with Crippen molar-refractivity contribution < 1.29 is 13.2 Å². The molecule has 0 aliphatic carbocycles. The summed E-state index contributed by atoms with van der Waals surface area (Å²) in [7, 11) is -1.67. The Kier molecular flexibility index (Phi) is 4.84. The molecule has 1 aromatic carbocycles. The lowest BCUT2D eigenvalue weighted by molar-refractivity contribution is 0.181. The van der Waals surface area contributed by atoms with Gasteiger partial charge in [-0.25, -0.2) is 8.42 Å². The zero-order valence-electron chi connectivity index (χ0n) is 10.9. The van der Waals surface area contributed by atoms with Crippen LogP contribution in [0.2, 0.25) is 0 Å². The van der Waals surface area contributed by atoms with Crippen LogP contribution >= 0.6 is 11.6 Å². The Morgan fingerprint density at radius 3 is 2.47 bits per heavy atom. The Balaban J connectivity index is 2.06. The summed E-state index contributed by atoms with van der Waals surface area (Å²) in [6, 6.07) is 7.31. The molecule has 2 rings (SSSR count). The highest BCUT2D eigenvalue weighted by atomic mass is 35.5. The second kappa shape index (κ2) is 6.22. The lowest BCUT2D eigenvalue weighted by atomic mass is 10.2. The second-order valence-electron chi connectivity index (χ2n) is 4.74. The first kappa shape index (κ1) is 14.8. The monoisotopic (exact) mass is 303 g/mol. The van der Waals surface area contributed by atoms with Gasteiger partial charge in [-0.1, -0.05) is 24.3 Å². The van der Waals surface area contributed by atoms with Crippen LogP contribution in [0.1, 0.15) is 17.5 Å². The fourth-order valence-electron chi connectivity index (χ4n) is 2.07. The van der Waals surface area contributed by atoms with E-state index in [9.17, 15) is 8.42 Å². The number of ether oxygens (including phenoxy) is 1. The molecule has 1 fully saturated rings. The lowest BCUT2D eigenvalue weighted by Crippen LogP contribution is -2.38. The molecule has 6 heteroatoms. The summed E-state index contributed by atoms with van der Waals surface area (Å²) in [4.78, 5) is 0. The van der Waals surface area contributed by atoms with E-state index < -0.39 is 10.0 Å². The molecule has 0 radical (unpaired) electrons. The van der Waals surface area contributed by atoms with Crippen molar-refractivity contribution in [3.63, 3.8) is 0 Å². The Bertz CT molecular complexity index is 509. The van der Waals surface area contributed by atoms with Crippen LogP contribution < -0.4 is 0 Å². The molecule has 0 amide bonds. The SMILES string of the molecule is CN(C1CCOC1)S(=O)(=O)Cc1ccc(CCl)cc1. The highest BCUT2D eigenvalue weighted by Crippen LogP contribution is 2.18. The largest absolute Gasteiger partial charge is 0.380 e. The van der Waals surface area contributed by atoms with Crippen molar-refractivity contribution >= 4 is 21.6 Å². The fourth-order valence-corrected chi connectivity index (χ4v) is 3.69. The van der Waals surface area contributed by atoms with Gasteiger partial charge in [-0.2, -0.15) is 4.31 Å². The first-order valence-corrected chi connectivity index (χ1v) is 8.34. The molecule has 1 aromatic rings. The number of benzene rings is 1. The van der Waals surface area contributed by atoms with Gasteiger partial charge in [-0.15, -0.1) is 11.6 Å². The van der Waals surface area contributed by atoms with E-state index in [0.717, 1.165) is 17.5 Å². The van der Waals surface area contributed by atoms with Gasteiger partial charge in [0.2, 0.25) is 10.0 Å². The van der Waals surface area contributed by atoms with E-state index in [0.29, 0.717) is 19.1 Å². The van der Waals surface area contributed by atoms with E-state index in [2.05, 4.69) is 0 Å². The van der Waals surface area contributed by atoms with Crippen molar-refractivity contribution in [2.24, 2.45) is 0 Å². The first-order valence-electron chi connectivity index (χ1n) is 6.20. The molecule has 1 atom stereocenters. The minimum atomic E-state index is -3.30. The summed E-state index contributed by atoms with van der Waals surface area (Å²) in [5, 5.41) is 0. The number of hydrogen-bond donors (Lipinski definition) is 0. The number of rotatable bonds is 5. The zero-order chi connectivity index (χ0) is 13.9. The first-order chi connectivity index (χ1) is 9.03. The normalized spacial score (nSPS) is 20.1. The molecule has 1 aliphatic rings. The molecular formula is C13H18ClNO3S. The van der Waals surface area contributed by atoms with Crippen LogP contribution in [0.4, 0.5) is 0 Å². The van der Waals surface area contributed by atoms with Crippen LogP contribution in [0.25, 0.3) is 0 Å². The summed E-state index contributed by atoms with van der Waals surface area (Å²) in [6.07, 6.45) is 0.765. The number of hydrogen-bond acceptors (Lipinski definition) is 3. The second-order valence-corrected chi connectivity index (χ2v) is 7.04. The minimum absolute atomic E-state index is 0.0164. The summed E-state index contributed by atoms with van der Waals surface area (Å²) >= 11 is 5.71. The number of nitrogens with zero attached hydrogens (tertiary/aromatic N) is 1. The topological polar surface area (TPSA) is 46.6 Å². The third-order valence-corrected chi connectivity index (χ3v) is 5.57. The van der Waals surface area contributed by atoms with Gasteiger partial charge in [0, 0.05) is 19.5 Å². The maximum Gasteiger partial charge on any atom is 0.218 e. The van der Waals surface area contributed by atoms with Crippen molar-refractivity contribution in [2.75, 3.05) is 20.3 Å². The zero-order valence-corrected chi connectivity index (χ0v) is 12.5. The van der Waals surface area contributed by atoms with E-state index in [1.807, 2.05) is 24.3 Å². The Morgan fingerprint density at radius 1 is 1.32 bits per heavy atom. The van der Waals surface area contributed by atoms with Crippen molar-refractivity contribution in [1.82, 2.24) is 4.31 Å². The van der Waals surface area contributed by atoms with Gasteiger partial charge in [0.1, 0.15) is 0 Å². The molecule has 0 saturated carbocycles. The highest BCUT2D eigenvalue weighted by Gasteiger charge is 2.29. The molecule has 0 spiro atoms. The number of halogens is 1. The summed E-state index contributed by atoms with van der Waals surface area (Å²) in [6.45, 7) is 1.12. The summed E-state index contributed by atoms with van der Waals surface area (Å²) in [5.41, 5.74) is 1.76. The Hall–Kier alpha value is -0.620. The van der Waals surface area contributed by atoms with Gasteiger partial charge in [0.25, 0.3) is 0 Å². The van der Waals surface area contributed by atoms with Crippen LogP contribution in [0.15, 0.2) is 24.3 Å². The molecule has 1 aliphatic heterocycles. The van der Waals surface area contributed by atoms with Crippen molar-refractivity contribution in [3.8, 4) is 0 Å². The molecule has 1 unspecified atom stereocenters. The van der Waals surface area contributed by atoms with E-state index in [1.54, 1.807) is 7.05 Å². The molecule has 1 saturated heterocycles. The van der Waals surface area contributed by atoms with E-state index >= 15 is 0 Å². The molecule has 19 heavy (non-hydrogen) atoms. The van der Waals surface area contributed by atoms with Crippen molar-refractivity contribution in [1.29, 1.82) is 0 Å². The molecule has 0 bridgehead atoms. The van der Waals surface area contributed by atoms with Crippen LogP contribution in [-0.4, -0.2) is 39.0 Å². The van der Waals surface area contributed by atoms with E-state index in [4.69, 9.17) is 16.3 Å². The summed E-state index contributed by atoms with van der Waals surface area (Å²) in [5.74, 6) is 0.453. The lowest BCUT2D eigenvalue weighted by Gasteiger charge is -2.22. The van der Waals surface area contributed by atoms with Crippen molar-refractivity contribution in [3.05, 3.63) is 35.4 Å². The van der Waals surface area contributed by atoms with E-state index in [1.165, 1.54) is 4.31 Å². The van der Waals surface area contributed by atoms with Crippen LogP contribution in [0.3, 0.4) is 0 Å². The molecule has 1 heterocycles. The predicted octanol–water partition coefficient (Wildman–Crippen LogP) is 1.98. The number of sulfonamides is 1. The van der Waals surface area contributed by atoms with Gasteiger partial charge >= 0.3 is 0 Å². The van der Waals surface area contributed by atoms with E-state index in [-0.39, 0.29) is 11.8 Å². The molecule has 0 aromatic heterocycles. The van der Waals surface area contributed by atoms with Crippen LogP contribution in [-0.2, 0) is 26.4 Å². The third-order valence-electron chi connectivity index (χ3n) is 3.38. The minimum Gasteiger partial charge on any atom is -0.380 e. The average molecular weight is 304 g/mol. The highest BCUT2D eigenvalue weighted by molar-refractivity contribution is 7.88. The maximum atomic E-state index is 12.3. The van der Waals surface area contributed by atoms with Crippen LogP contribution in [0.5, 0.6) is 0 Å². The Labute approximate surface area is 119 Å². The van der Waals surface area contributed by atoms with Crippen molar-refractivity contribution in [2.45, 2.75) is 24.1 Å². The third kappa shape index (κ3) is 3.69. The predicted molar refractivity (Wildman–Crippen MR) is 75.6 cm³/mol. The van der Waals surface area contributed by atoms with Crippen LogP contribution in [0, 0.1) is 0 Å².